The predicted molar refractivity (Wildman–Crippen MR) is 55.3 cm³/mol. The zero-order valence-electron chi connectivity index (χ0n) is 8.36. The summed E-state index contributed by atoms with van der Waals surface area (Å²) in [5.41, 5.74) is 0.410. The van der Waals surface area contributed by atoms with Crippen LogP contribution in [0.2, 0.25) is 0 Å². The molecule has 82 valence electrons. The second kappa shape index (κ2) is 4.37. The average Bonchev–Trinajstić information content (AvgIpc) is 2.63. The van der Waals surface area contributed by atoms with Crippen LogP contribution in [0.4, 0.5) is 0 Å². The van der Waals surface area contributed by atoms with Gasteiger partial charge >= 0.3 is 10.2 Å². The van der Waals surface area contributed by atoms with Crippen LogP contribution in [0.25, 0.3) is 6.08 Å². The van der Waals surface area contributed by atoms with E-state index in [9.17, 15) is 13.2 Å². The Bertz CT molecular complexity index is 473. The smallest absolute Gasteiger partial charge is 0.299 e. The minimum atomic E-state index is -3.52. The van der Waals surface area contributed by atoms with Gasteiger partial charge < -0.3 is 0 Å². The Morgan fingerprint density at radius 2 is 2.13 bits per heavy atom. The Hall–Kier alpha value is -1.47. The summed E-state index contributed by atoms with van der Waals surface area (Å²) in [5.74, 6) is 0. The number of hydrogen-bond acceptors (Lipinski definition) is 4. The molecule has 0 N–H and O–H groups in total. The molecule has 1 rings (SSSR count). The lowest BCUT2D eigenvalue weighted by Gasteiger charge is -2.10. The summed E-state index contributed by atoms with van der Waals surface area (Å²) in [6.45, 7) is 0. The van der Waals surface area contributed by atoms with Crippen molar-refractivity contribution in [3.05, 3.63) is 24.3 Å². The van der Waals surface area contributed by atoms with Gasteiger partial charge in [-0.15, -0.1) is 0 Å². The number of aromatic nitrogens is 2. The highest BCUT2D eigenvalue weighted by Gasteiger charge is 2.15. The molecule has 0 aromatic carbocycles. The molecule has 0 atom stereocenters. The lowest BCUT2D eigenvalue weighted by molar-refractivity contribution is -0.104. The molecule has 1 aromatic heterocycles. The first-order chi connectivity index (χ1) is 6.98. The van der Waals surface area contributed by atoms with Crippen molar-refractivity contribution in [2.24, 2.45) is 0 Å². The van der Waals surface area contributed by atoms with E-state index in [1.165, 1.54) is 38.8 Å². The van der Waals surface area contributed by atoms with Crippen molar-refractivity contribution in [1.82, 2.24) is 13.3 Å². The minimum absolute atomic E-state index is 0.410. The summed E-state index contributed by atoms with van der Waals surface area (Å²) in [7, 11) is -0.662. The third-order valence-electron chi connectivity index (χ3n) is 1.65. The van der Waals surface area contributed by atoms with Crippen molar-refractivity contribution in [3.63, 3.8) is 0 Å². The normalized spacial score (nSPS) is 12.5. The van der Waals surface area contributed by atoms with Crippen LogP contribution in [0.5, 0.6) is 0 Å². The fraction of sp³-hybridized carbons (Fsp3) is 0.250. The van der Waals surface area contributed by atoms with E-state index >= 15 is 0 Å². The van der Waals surface area contributed by atoms with Crippen molar-refractivity contribution in [1.29, 1.82) is 0 Å². The Morgan fingerprint density at radius 3 is 2.67 bits per heavy atom. The number of hydrogen-bond donors (Lipinski definition) is 0. The molecule has 15 heavy (non-hydrogen) atoms. The summed E-state index contributed by atoms with van der Waals surface area (Å²) in [4.78, 5) is 13.9. The van der Waals surface area contributed by atoms with Crippen molar-refractivity contribution < 1.29 is 13.2 Å². The molecular weight excluding hydrogens is 218 g/mol. The van der Waals surface area contributed by atoms with Crippen LogP contribution < -0.4 is 0 Å². The van der Waals surface area contributed by atoms with Gasteiger partial charge in [-0.25, -0.2) is 8.96 Å². The van der Waals surface area contributed by atoms with Gasteiger partial charge in [-0.1, -0.05) is 0 Å². The van der Waals surface area contributed by atoms with Crippen molar-refractivity contribution in [3.8, 4) is 0 Å². The predicted octanol–water partition coefficient (Wildman–Crippen LogP) is -0.250. The van der Waals surface area contributed by atoms with E-state index in [0.717, 1.165) is 8.28 Å². The summed E-state index contributed by atoms with van der Waals surface area (Å²) in [5, 5.41) is 0. The van der Waals surface area contributed by atoms with Crippen molar-refractivity contribution >= 4 is 22.6 Å². The standard InChI is InChI=1S/C8H11N3O3S/c1-10(2)15(13,14)11-6-8(9-7-11)4-3-5-12/h3-7H,1-2H3/b4-3+. The summed E-state index contributed by atoms with van der Waals surface area (Å²) < 4.78 is 25.2. The van der Waals surface area contributed by atoms with Crippen LogP contribution >= 0.6 is 0 Å². The molecule has 0 amide bonds. The number of aldehydes is 1. The first-order valence-corrected chi connectivity index (χ1v) is 5.47. The van der Waals surface area contributed by atoms with Gasteiger partial charge in [-0.2, -0.15) is 12.7 Å². The highest BCUT2D eigenvalue weighted by molar-refractivity contribution is 7.87. The van der Waals surface area contributed by atoms with Gasteiger partial charge in [0.15, 0.2) is 0 Å². The van der Waals surface area contributed by atoms with E-state index < -0.39 is 10.2 Å². The third-order valence-corrected chi connectivity index (χ3v) is 3.31. The molecule has 0 aliphatic carbocycles. The molecule has 7 heteroatoms. The average molecular weight is 229 g/mol. The van der Waals surface area contributed by atoms with Crippen LogP contribution in [-0.4, -0.2) is 42.1 Å². The molecule has 0 bridgehead atoms. The van der Waals surface area contributed by atoms with E-state index in [2.05, 4.69) is 4.98 Å². The highest BCUT2D eigenvalue weighted by atomic mass is 32.2. The fourth-order valence-electron chi connectivity index (χ4n) is 0.859. The Labute approximate surface area is 88.0 Å². The maximum Gasteiger partial charge on any atom is 0.308 e. The van der Waals surface area contributed by atoms with Gasteiger partial charge in [-0.05, 0) is 12.2 Å². The molecule has 0 spiro atoms. The largest absolute Gasteiger partial charge is 0.308 e. The molecule has 0 aliphatic rings. The summed E-state index contributed by atoms with van der Waals surface area (Å²) in [6, 6.07) is 0. The number of imidazole rings is 1. The Kier molecular flexibility index (Phi) is 3.38. The molecule has 0 fully saturated rings. The third kappa shape index (κ3) is 2.51. The minimum Gasteiger partial charge on any atom is -0.299 e. The van der Waals surface area contributed by atoms with Crippen LogP contribution in [0.1, 0.15) is 5.69 Å². The molecule has 1 aromatic rings. The zero-order valence-corrected chi connectivity index (χ0v) is 9.18. The first-order valence-electron chi connectivity index (χ1n) is 4.07. The van der Waals surface area contributed by atoms with Gasteiger partial charge in [0.2, 0.25) is 0 Å². The number of carbonyl (C=O) groups is 1. The van der Waals surface area contributed by atoms with E-state index in [4.69, 9.17) is 0 Å². The van der Waals surface area contributed by atoms with Gasteiger partial charge in [0.05, 0.1) is 5.69 Å². The SMILES string of the molecule is CN(C)S(=O)(=O)n1cnc(/C=C/C=O)c1. The maximum atomic E-state index is 11.6. The van der Waals surface area contributed by atoms with Gasteiger partial charge in [0.25, 0.3) is 0 Å². The van der Waals surface area contributed by atoms with Gasteiger partial charge in [0, 0.05) is 20.3 Å². The second-order valence-electron chi connectivity index (χ2n) is 2.91. The molecule has 0 aliphatic heterocycles. The monoisotopic (exact) mass is 229 g/mol. The lowest BCUT2D eigenvalue weighted by Crippen LogP contribution is -2.27. The van der Waals surface area contributed by atoms with E-state index in [-0.39, 0.29) is 0 Å². The van der Waals surface area contributed by atoms with Crippen molar-refractivity contribution in [2.75, 3.05) is 14.1 Å². The lowest BCUT2D eigenvalue weighted by atomic mass is 10.4. The van der Waals surface area contributed by atoms with Gasteiger partial charge in [0.1, 0.15) is 12.6 Å². The van der Waals surface area contributed by atoms with Crippen LogP contribution in [0, 0.1) is 0 Å². The van der Waals surface area contributed by atoms with Gasteiger partial charge in [-0.3, -0.25) is 4.79 Å². The number of allylic oxidation sites excluding steroid dienone is 1. The fourth-order valence-corrected chi connectivity index (χ4v) is 1.64. The van der Waals surface area contributed by atoms with Crippen molar-refractivity contribution in [2.45, 2.75) is 0 Å². The molecule has 0 saturated carbocycles. The summed E-state index contributed by atoms with van der Waals surface area (Å²) in [6.07, 6.45) is 5.78. The van der Waals surface area contributed by atoms with E-state index in [1.54, 1.807) is 0 Å². The topological polar surface area (TPSA) is 72.3 Å². The molecule has 1 heterocycles. The molecule has 0 saturated heterocycles. The molecule has 0 radical (unpaired) electrons. The Balaban J connectivity index is 3.04. The van der Waals surface area contributed by atoms with Crippen LogP contribution in [0.3, 0.4) is 0 Å². The van der Waals surface area contributed by atoms with Crippen LogP contribution in [0.15, 0.2) is 18.6 Å². The van der Waals surface area contributed by atoms with E-state index in [1.807, 2.05) is 0 Å². The first kappa shape index (κ1) is 11.6. The molecule has 6 nitrogen and oxygen atoms in total. The molecular formula is C8H11N3O3S. The number of rotatable bonds is 4. The second-order valence-corrected chi connectivity index (χ2v) is 4.96. The summed E-state index contributed by atoms with van der Waals surface area (Å²) >= 11 is 0. The zero-order chi connectivity index (χ0) is 11.5. The number of carbonyl (C=O) groups excluding carboxylic acids is 1. The van der Waals surface area contributed by atoms with Crippen LogP contribution in [-0.2, 0) is 15.0 Å². The number of nitrogens with zero attached hydrogens (tertiary/aromatic N) is 3. The quantitative estimate of drug-likeness (QED) is 0.527. The van der Waals surface area contributed by atoms with E-state index in [0.29, 0.717) is 12.0 Å². The molecule has 0 unspecified atom stereocenters. The Morgan fingerprint density at radius 1 is 1.47 bits per heavy atom. The highest BCUT2D eigenvalue weighted by Crippen LogP contribution is 2.04. The maximum absolute atomic E-state index is 11.6.